The molecule has 1 aromatic heterocycles. The lowest BCUT2D eigenvalue weighted by Gasteiger charge is -2.25. The topological polar surface area (TPSA) is 58.0 Å². The van der Waals surface area contributed by atoms with Crippen LogP contribution in [0, 0.1) is 27.7 Å². The Bertz CT molecular complexity index is 789. The van der Waals surface area contributed by atoms with E-state index in [1.807, 2.05) is 12.2 Å². The number of methoxy groups -OCH3 is 1. The molecule has 0 spiro atoms. The van der Waals surface area contributed by atoms with Crippen LogP contribution in [-0.4, -0.2) is 31.5 Å². The molecule has 0 aromatic carbocycles. The van der Waals surface area contributed by atoms with E-state index in [0.29, 0.717) is 30.6 Å². The summed E-state index contributed by atoms with van der Waals surface area (Å²) >= 11 is 1.72. The number of ether oxygens (including phenoxy) is 1. The molecule has 2 rings (SSSR count). The summed E-state index contributed by atoms with van der Waals surface area (Å²) in [7, 11) is 1.69. The maximum atomic E-state index is 13.0. The van der Waals surface area contributed by atoms with E-state index in [2.05, 4.69) is 16.4 Å². The number of hydrogen-bond donors (Lipinski definition) is 2. The summed E-state index contributed by atoms with van der Waals surface area (Å²) in [5.41, 5.74) is 1.66. The van der Waals surface area contributed by atoms with Gasteiger partial charge in [0, 0.05) is 36.2 Å². The predicted octanol–water partition coefficient (Wildman–Crippen LogP) is 6.08. The van der Waals surface area contributed by atoms with Crippen molar-refractivity contribution in [3.8, 4) is 0 Å². The molecule has 1 atom stereocenters. The summed E-state index contributed by atoms with van der Waals surface area (Å²) < 4.78 is 44.3. The highest BCUT2D eigenvalue weighted by Gasteiger charge is 2.35. The largest absolute Gasteiger partial charge is 0.434 e. The second kappa shape index (κ2) is 12.7. The number of allylic oxidation sites excluding steroid dienone is 4. The summed E-state index contributed by atoms with van der Waals surface area (Å²) in [5.74, 6) is 0.855. The van der Waals surface area contributed by atoms with Gasteiger partial charge in [0.05, 0.1) is 0 Å². The van der Waals surface area contributed by atoms with Crippen LogP contribution >= 0.6 is 22.6 Å². The molecule has 4 nitrogen and oxygen atoms in total. The van der Waals surface area contributed by atoms with Gasteiger partial charge >= 0.3 is 6.18 Å². The Morgan fingerprint density at radius 1 is 1.39 bits per heavy atom. The Balaban J connectivity index is 1.89. The molecule has 0 aliphatic heterocycles. The molecule has 1 saturated carbocycles. The Morgan fingerprint density at radius 2 is 2.13 bits per heavy atom. The van der Waals surface area contributed by atoms with Gasteiger partial charge in [0.1, 0.15) is 0 Å². The van der Waals surface area contributed by atoms with Gasteiger partial charge in [-0.2, -0.15) is 13.2 Å². The van der Waals surface area contributed by atoms with E-state index in [-0.39, 0.29) is 3.57 Å². The summed E-state index contributed by atoms with van der Waals surface area (Å²) in [6.07, 6.45) is 9.97. The average molecular weight is 549 g/mol. The van der Waals surface area contributed by atoms with Crippen molar-refractivity contribution >= 4 is 28.8 Å². The van der Waals surface area contributed by atoms with E-state index < -0.39 is 11.9 Å². The van der Waals surface area contributed by atoms with E-state index in [4.69, 9.17) is 10.1 Å². The van der Waals surface area contributed by atoms with Gasteiger partial charge in [0.15, 0.2) is 5.69 Å². The van der Waals surface area contributed by atoms with Crippen LogP contribution < -0.4 is 5.32 Å². The van der Waals surface area contributed by atoms with Crippen molar-refractivity contribution in [2.75, 3.05) is 20.3 Å². The monoisotopic (exact) mass is 549 g/mol. The SMILES string of the molecule is COCC[C@H](/C=C/C=C(\C=N)C1CCC1)CCNCc1cnc(C(F)(F)F)c(I)c1C. The zero-order valence-electron chi connectivity index (χ0n) is 18.1. The van der Waals surface area contributed by atoms with Gasteiger partial charge in [-0.3, -0.25) is 4.98 Å². The zero-order valence-corrected chi connectivity index (χ0v) is 20.2. The Labute approximate surface area is 196 Å². The summed E-state index contributed by atoms with van der Waals surface area (Å²) in [5, 5.41) is 10.9. The van der Waals surface area contributed by atoms with Crippen LogP contribution in [0.2, 0.25) is 0 Å². The minimum atomic E-state index is -4.43. The molecule has 1 heterocycles. The number of hydrogen-bond acceptors (Lipinski definition) is 4. The van der Waals surface area contributed by atoms with E-state index >= 15 is 0 Å². The lowest BCUT2D eigenvalue weighted by molar-refractivity contribution is -0.142. The normalized spacial score (nSPS) is 16.5. The van der Waals surface area contributed by atoms with Gasteiger partial charge in [0.2, 0.25) is 0 Å². The fraction of sp³-hybridized carbons (Fsp3) is 0.565. The lowest BCUT2D eigenvalue weighted by Crippen LogP contribution is -2.20. The molecule has 0 radical (unpaired) electrons. The molecule has 1 aliphatic carbocycles. The van der Waals surface area contributed by atoms with Crippen LogP contribution in [0.1, 0.15) is 48.9 Å². The van der Waals surface area contributed by atoms with Gasteiger partial charge in [-0.1, -0.05) is 24.6 Å². The molecule has 1 aromatic rings. The predicted molar refractivity (Wildman–Crippen MR) is 126 cm³/mol. The summed E-state index contributed by atoms with van der Waals surface area (Å²) in [6.45, 7) is 3.58. The van der Waals surface area contributed by atoms with Crippen LogP contribution in [0.5, 0.6) is 0 Å². The highest BCUT2D eigenvalue weighted by Crippen LogP contribution is 2.33. The van der Waals surface area contributed by atoms with Crippen molar-refractivity contribution in [3.63, 3.8) is 0 Å². The first-order chi connectivity index (χ1) is 14.8. The molecule has 1 aliphatic rings. The molecule has 0 amide bonds. The fourth-order valence-electron chi connectivity index (χ4n) is 3.47. The first-order valence-electron chi connectivity index (χ1n) is 10.6. The van der Waals surface area contributed by atoms with E-state index in [9.17, 15) is 13.2 Å². The van der Waals surface area contributed by atoms with E-state index in [1.165, 1.54) is 31.7 Å². The van der Waals surface area contributed by atoms with Crippen LogP contribution in [-0.2, 0) is 17.5 Å². The first-order valence-corrected chi connectivity index (χ1v) is 11.7. The minimum absolute atomic E-state index is 0.158. The van der Waals surface area contributed by atoms with Crippen molar-refractivity contribution in [3.05, 3.63) is 50.4 Å². The third-order valence-corrected chi connectivity index (χ3v) is 7.07. The third-order valence-electron chi connectivity index (χ3n) is 5.75. The summed E-state index contributed by atoms with van der Waals surface area (Å²) in [4.78, 5) is 3.63. The van der Waals surface area contributed by atoms with Gasteiger partial charge < -0.3 is 15.5 Å². The molecule has 31 heavy (non-hydrogen) atoms. The molecular weight excluding hydrogens is 518 g/mol. The number of nitrogens with one attached hydrogen (secondary N) is 2. The molecule has 0 bridgehead atoms. The van der Waals surface area contributed by atoms with Crippen molar-refractivity contribution in [1.29, 1.82) is 5.41 Å². The van der Waals surface area contributed by atoms with Crippen molar-refractivity contribution in [2.45, 2.75) is 51.7 Å². The van der Waals surface area contributed by atoms with Crippen LogP contribution in [0.4, 0.5) is 13.2 Å². The molecule has 1 fully saturated rings. The molecule has 8 heteroatoms. The smallest absolute Gasteiger partial charge is 0.385 e. The Hall–Kier alpha value is -1.26. The number of alkyl halides is 3. The number of halogens is 4. The van der Waals surface area contributed by atoms with Crippen molar-refractivity contribution in [1.82, 2.24) is 10.3 Å². The standard InChI is InChI=1S/C23H31F3IN3O/c1-16-20(15-30-22(21(16)27)23(24,25)26)14-29-11-9-17(10-12-31-2)5-3-8-19(13-28)18-6-4-7-18/h3,5,8,13,15,17-18,28-29H,4,6-7,9-12,14H2,1-2H3/b5-3+,19-8+,28-13?/t17-/m1/s1. The van der Waals surface area contributed by atoms with Crippen molar-refractivity contribution in [2.24, 2.45) is 11.8 Å². The number of pyridine rings is 1. The van der Waals surface area contributed by atoms with Gasteiger partial charge in [-0.05, 0) is 90.3 Å². The van der Waals surface area contributed by atoms with E-state index in [0.717, 1.165) is 30.5 Å². The first kappa shape index (κ1) is 26.0. The Morgan fingerprint density at radius 3 is 2.71 bits per heavy atom. The van der Waals surface area contributed by atoms with Gasteiger partial charge in [0.25, 0.3) is 0 Å². The summed E-state index contributed by atoms with van der Waals surface area (Å²) in [6, 6.07) is 0. The van der Waals surface area contributed by atoms with E-state index in [1.54, 1.807) is 36.6 Å². The molecule has 0 unspecified atom stereocenters. The molecule has 172 valence electrons. The van der Waals surface area contributed by atoms with Gasteiger partial charge in [-0.25, -0.2) is 0 Å². The van der Waals surface area contributed by atoms with Crippen molar-refractivity contribution < 1.29 is 17.9 Å². The minimum Gasteiger partial charge on any atom is -0.385 e. The average Bonchev–Trinajstić information content (AvgIpc) is 2.68. The maximum Gasteiger partial charge on any atom is 0.434 e. The zero-order chi connectivity index (χ0) is 22.9. The second-order valence-electron chi connectivity index (χ2n) is 7.90. The van der Waals surface area contributed by atoms with Crippen LogP contribution in [0.15, 0.2) is 30.0 Å². The lowest BCUT2D eigenvalue weighted by atomic mass is 9.80. The molecule has 2 N–H and O–H groups in total. The maximum absolute atomic E-state index is 13.0. The van der Waals surface area contributed by atoms with Crippen LogP contribution in [0.3, 0.4) is 0 Å². The Kier molecular flexibility index (Phi) is 10.6. The quantitative estimate of drug-likeness (QED) is 0.144. The van der Waals surface area contributed by atoms with Crippen LogP contribution in [0.25, 0.3) is 0 Å². The van der Waals surface area contributed by atoms with Gasteiger partial charge in [-0.15, -0.1) is 0 Å². The molecule has 0 saturated heterocycles. The fourth-order valence-corrected chi connectivity index (χ4v) is 4.27. The highest BCUT2D eigenvalue weighted by atomic mass is 127. The molecular formula is C23H31F3IN3O. The third kappa shape index (κ3) is 7.98. The number of nitrogens with zero attached hydrogens (tertiary/aromatic N) is 1. The second-order valence-corrected chi connectivity index (χ2v) is 8.98. The highest BCUT2D eigenvalue weighted by molar-refractivity contribution is 14.1. The number of rotatable bonds is 12. The number of aromatic nitrogens is 1.